The smallest absolute Gasteiger partial charge is 0.354 e. The fourth-order valence-electron chi connectivity index (χ4n) is 1.66. The first-order valence-electron chi connectivity index (χ1n) is 6.16. The first-order chi connectivity index (χ1) is 8.73. The molecule has 108 valence electrons. The molecule has 0 radical (unpaired) electrons. The lowest BCUT2D eigenvalue weighted by atomic mass is 10.3. The van der Waals surface area contributed by atoms with Crippen molar-refractivity contribution >= 4 is 11.8 Å². The van der Waals surface area contributed by atoms with Crippen LogP contribution in [0.1, 0.15) is 26.5 Å². The van der Waals surface area contributed by atoms with E-state index in [1.807, 2.05) is 6.92 Å². The maximum Gasteiger partial charge on any atom is 0.405 e. The largest absolute Gasteiger partial charge is 0.405 e. The molecule has 7 heteroatoms. The number of hydrogen-bond donors (Lipinski definition) is 1. The number of nitrogens with one attached hydrogen (secondary N) is 1. The molecule has 0 aliphatic heterocycles. The predicted molar refractivity (Wildman–Crippen MR) is 69.5 cm³/mol. The number of rotatable bonds is 5. The minimum atomic E-state index is -4.26. The Balaban J connectivity index is 3.08. The van der Waals surface area contributed by atoms with Crippen LogP contribution >= 0.6 is 0 Å². The standard InChI is InChI=1S/C12H19F3N4/c1-5-16-11-17-9(4)6-10(18-11)19(8(2)3)7-12(13,14)15/h6,8H,5,7H2,1-4H3,(H,16,17,18). The van der Waals surface area contributed by atoms with E-state index in [9.17, 15) is 13.2 Å². The maximum absolute atomic E-state index is 12.6. The van der Waals surface area contributed by atoms with Gasteiger partial charge in [-0.3, -0.25) is 0 Å². The third kappa shape index (κ3) is 4.92. The normalized spacial score (nSPS) is 11.8. The van der Waals surface area contributed by atoms with Crippen LogP contribution in [0.5, 0.6) is 0 Å². The van der Waals surface area contributed by atoms with E-state index < -0.39 is 12.7 Å². The fraction of sp³-hybridized carbons (Fsp3) is 0.667. The third-order valence-corrected chi connectivity index (χ3v) is 2.44. The predicted octanol–water partition coefficient (Wildman–Crippen LogP) is 2.99. The summed E-state index contributed by atoms with van der Waals surface area (Å²) in [5.41, 5.74) is 0.633. The number of halogens is 3. The van der Waals surface area contributed by atoms with Gasteiger partial charge in [0.05, 0.1) is 0 Å². The van der Waals surface area contributed by atoms with Crippen molar-refractivity contribution in [2.24, 2.45) is 0 Å². The number of anilines is 2. The highest BCUT2D eigenvalue weighted by Crippen LogP contribution is 2.23. The Morgan fingerprint density at radius 1 is 1.32 bits per heavy atom. The summed E-state index contributed by atoms with van der Waals surface area (Å²) in [6.45, 7) is 6.61. The van der Waals surface area contributed by atoms with Crippen LogP contribution in [0, 0.1) is 6.92 Å². The van der Waals surface area contributed by atoms with Crippen LogP contribution in [0.4, 0.5) is 24.9 Å². The monoisotopic (exact) mass is 276 g/mol. The lowest BCUT2D eigenvalue weighted by molar-refractivity contribution is -0.120. The van der Waals surface area contributed by atoms with E-state index in [1.165, 1.54) is 4.90 Å². The van der Waals surface area contributed by atoms with Crippen molar-refractivity contribution in [2.45, 2.75) is 39.9 Å². The summed E-state index contributed by atoms with van der Waals surface area (Å²) in [7, 11) is 0. The Labute approximate surface area is 111 Å². The molecule has 19 heavy (non-hydrogen) atoms. The number of alkyl halides is 3. The lowest BCUT2D eigenvalue weighted by Gasteiger charge is -2.29. The van der Waals surface area contributed by atoms with Gasteiger partial charge in [0, 0.05) is 24.3 Å². The van der Waals surface area contributed by atoms with E-state index in [0.717, 1.165) is 0 Å². The summed E-state index contributed by atoms with van der Waals surface area (Å²) in [5.74, 6) is 0.640. The molecule has 1 rings (SSSR count). The van der Waals surface area contributed by atoms with E-state index >= 15 is 0 Å². The molecule has 0 fully saturated rings. The Morgan fingerprint density at radius 3 is 2.42 bits per heavy atom. The molecule has 0 aromatic carbocycles. The first kappa shape index (κ1) is 15.5. The minimum absolute atomic E-state index is 0.288. The van der Waals surface area contributed by atoms with Gasteiger partial charge in [0.1, 0.15) is 12.4 Å². The van der Waals surface area contributed by atoms with Gasteiger partial charge in [-0.1, -0.05) is 0 Å². The van der Waals surface area contributed by atoms with Crippen LogP contribution in [-0.4, -0.2) is 35.3 Å². The van der Waals surface area contributed by atoms with Gasteiger partial charge in [0.25, 0.3) is 0 Å². The van der Waals surface area contributed by atoms with Crippen molar-refractivity contribution in [1.82, 2.24) is 9.97 Å². The highest BCUT2D eigenvalue weighted by molar-refractivity contribution is 5.45. The molecule has 0 unspecified atom stereocenters. The number of aromatic nitrogens is 2. The minimum Gasteiger partial charge on any atom is -0.354 e. The molecule has 0 saturated heterocycles. The molecule has 0 atom stereocenters. The zero-order valence-corrected chi connectivity index (χ0v) is 11.5. The molecule has 1 aromatic heterocycles. The van der Waals surface area contributed by atoms with Crippen LogP contribution in [0.3, 0.4) is 0 Å². The summed E-state index contributed by atoms with van der Waals surface area (Å²) >= 11 is 0. The van der Waals surface area contributed by atoms with Crippen molar-refractivity contribution in [3.05, 3.63) is 11.8 Å². The molecule has 0 bridgehead atoms. The van der Waals surface area contributed by atoms with E-state index in [-0.39, 0.29) is 11.9 Å². The van der Waals surface area contributed by atoms with E-state index in [1.54, 1.807) is 26.8 Å². The van der Waals surface area contributed by atoms with Crippen LogP contribution in [-0.2, 0) is 0 Å². The second kappa shape index (κ2) is 6.08. The van der Waals surface area contributed by atoms with Gasteiger partial charge in [-0.15, -0.1) is 0 Å². The number of aryl methyl sites for hydroxylation is 1. The number of hydrogen-bond acceptors (Lipinski definition) is 4. The second-order valence-corrected chi connectivity index (χ2v) is 4.56. The molecule has 0 saturated carbocycles. The Kier molecular flexibility index (Phi) is 4.97. The summed E-state index contributed by atoms with van der Waals surface area (Å²) in [5, 5.41) is 2.92. The van der Waals surface area contributed by atoms with Crippen LogP contribution < -0.4 is 10.2 Å². The quantitative estimate of drug-likeness (QED) is 0.897. The average molecular weight is 276 g/mol. The Hall–Kier alpha value is -1.53. The third-order valence-electron chi connectivity index (χ3n) is 2.44. The summed E-state index contributed by atoms with van der Waals surface area (Å²) in [6, 6.07) is 1.26. The van der Waals surface area contributed by atoms with E-state index in [2.05, 4.69) is 15.3 Å². The Bertz CT molecular complexity index is 418. The molecular formula is C12H19F3N4. The summed E-state index contributed by atoms with van der Waals surface area (Å²) < 4.78 is 37.8. The molecule has 4 nitrogen and oxygen atoms in total. The van der Waals surface area contributed by atoms with Gasteiger partial charge in [0.15, 0.2) is 0 Å². The highest BCUT2D eigenvalue weighted by atomic mass is 19.4. The molecule has 0 amide bonds. The second-order valence-electron chi connectivity index (χ2n) is 4.56. The maximum atomic E-state index is 12.6. The van der Waals surface area contributed by atoms with Crippen molar-refractivity contribution in [3.8, 4) is 0 Å². The molecule has 1 aromatic rings. The van der Waals surface area contributed by atoms with Crippen LogP contribution in [0.25, 0.3) is 0 Å². The van der Waals surface area contributed by atoms with Gasteiger partial charge in [-0.25, -0.2) is 4.98 Å². The Morgan fingerprint density at radius 2 is 1.95 bits per heavy atom. The van der Waals surface area contributed by atoms with Gasteiger partial charge in [-0.05, 0) is 27.7 Å². The van der Waals surface area contributed by atoms with Gasteiger partial charge in [-0.2, -0.15) is 18.2 Å². The topological polar surface area (TPSA) is 41.1 Å². The zero-order chi connectivity index (χ0) is 14.6. The van der Waals surface area contributed by atoms with E-state index in [0.29, 0.717) is 18.2 Å². The zero-order valence-electron chi connectivity index (χ0n) is 11.5. The SMILES string of the molecule is CCNc1nc(C)cc(N(CC(F)(F)F)C(C)C)n1. The fourth-order valence-corrected chi connectivity index (χ4v) is 1.66. The first-order valence-corrected chi connectivity index (χ1v) is 6.16. The molecular weight excluding hydrogens is 257 g/mol. The summed E-state index contributed by atoms with van der Waals surface area (Å²) in [4.78, 5) is 9.48. The molecule has 1 heterocycles. The highest BCUT2D eigenvalue weighted by Gasteiger charge is 2.32. The van der Waals surface area contributed by atoms with Gasteiger partial charge >= 0.3 is 6.18 Å². The molecule has 0 aliphatic rings. The van der Waals surface area contributed by atoms with E-state index in [4.69, 9.17) is 0 Å². The summed E-state index contributed by atoms with van der Waals surface area (Å²) in [6.07, 6.45) is -4.26. The molecule has 1 N–H and O–H groups in total. The van der Waals surface area contributed by atoms with Crippen LogP contribution in [0.15, 0.2) is 6.07 Å². The average Bonchev–Trinajstić information content (AvgIpc) is 2.24. The van der Waals surface area contributed by atoms with Crippen molar-refractivity contribution in [2.75, 3.05) is 23.3 Å². The molecule has 0 aliphatic carbocycles. The van der Waals surface area contributed by atoms with Crippen molar-refractivity contribution in [3.63, 3.8) is 0 Å². The van der Waals surface area contributed by atoms with Crippen LogP contribution in [0.2, 0.25) is 0 Å². The van der Waals surface area contributed by atoms with Gasteiger partial charge < -0.3 is 10.2 Å². The number of nitrogens with zero attached hydrogens (tertiary/aromatic N) is 3. The van der Waals surface area contributed by atoms with Crippen molar-refractivity contribution in [1.29, 1.82) is 0 Å². The molecule has 0 spiro atoms. The lowest BCUT2D eigenvalue weighted by Crippen LogP contribution is -2.39. The van der Waals surface area contributed by atoms with Gasteiger partial charge in [0.2, 0.25) is 5.95 Å². The van der Waals surface area contributed by atoms with Crippen molar-refractivity contribution < 1.29 is 13.2 Å².